The van der Waals surface area contributed by atoms with Gasteiger partial charge < -0.3 is 4.74 Å². The Bertz CT molecular complexity index is 1300. The average molecular weight is 470 g/mol. The van der Waals surface area contributed by atoms with E-state index in [0.29, 0.717) is 10.9 Å². The van der Waals surface area contributed by atoms with Gasteiger partial charge >= 0.3 is 6.18 Å². The van der Waals surface area contributed by atoms with E-state index in [1.807, 2.05) is 0 Å². The van der Waals surface area contributed by atoms with Gasteiger partial charge in [0.25, 0.3) is 10.0 Å². The summed E-state index contributed by atoms with van der Waals surface area (Å²) in [5.41, 5.74) is 0.234. The lowest BCUT2D eigenvalue weighted by Crippen LogP contribution is -2.28. The molecule has 0 saturated heterocycles. The molecule has 0 aliphatic carbocycles. The van der Waals surface area contributed by atoms with E-state index in [2.05, 4.69) is 10.1 Å². The Kier molecular flexibility index (Phi) is 5.96. The number of carbonyl (C=O) groups excluding carboxylic acids is 2. The molecule has 0 aliphatic heterocycles. The number of aromatic nitrogens is 3. The van der Waals surface area contributed by atoms with Crippen LogP contribution in [0.5, 0.6) is 5.75 Å². The van der Waals surface area contributed by atoms with Gasteiger partial charge in [0, 0.05) is 25.7 Å². The van der Waals surface area contributed by atoms with Crippen LogP contribution in [-0.4, -0.2) is 55.1 Å². The maximum atomic E-state index is 13.2. The number of fused-ring (bicyclic) bond motifs is 1. The van der Waals surface area contributed by atoms with Crippen LogP contribution in [0, 0.1) is 0 Å². The molecule has 0 amide bonds. The van der Waals surface area contributed by atoms with Gasteiger partial charge in [0.15, 0.2) is 5.78 Å². The number of aryl methyl sites for hydroxylation is 1. The van der Waals surface area contributed by atoms with E-state index in [1.165, 1.54) is 18.8 Å². The molecular weight excluding hydrogens is 453 g/mol. The summed E-state index contributed by atoms with van der Waals surface area (Å²) in [6, 6.07) is 5.28. The average Bonchev–Trinajstić information content (AvgIpc) is 3.12. The first kappa shape index (κ1) is 23.2. The first-order chi connectivity index (χ1) is 14.9. The zero-order valence-electron chi connectivity index (χ0n) is 17.0. The van der Waals surface area contributed by atoms with Crippen molar-refractivity contribution in [3.05, 3.63) is 42.4 Å². The summed E-state index contributed by atoms with van der Waals surface area (Å²) in [6.45, 7) is 0. The van der Waals surface area contributed by atoms with E-state index >= 15 is 0 Å². The molecule has 0 aliphatic rings. The number of ether oxygens (including phenoxy) is 1. The predicted molar refractivity (Wildman–Crippen MR) is 107 cm³/mol. The number of nitrogens with zero attached hydrogens (tertiary/aromatic N) is 4. The van der Waals surface area contributed by atoms with Crippen LogP contribution in [-0.2, 0) is 21.9 Å². The lowest BCUT2D eigenvalue weighted by atomic mass is 10.1. The SMILES string of the molecule is COc1ccc2cnn(C)c2c1N(C)S(=O)(=O)c1ccc(C(=O)CC(=O)C(F)(F)F)nc1. The second kappa shape index (κ2) is 8.22. The fourth-order valence-corrected chi connectivity index (χ4v) is 4.17. The van der Waals surface area contributed by atoms with Gasteiger partial charge in [-0.15, -0.1) is 0 Å². The number of Topliss-reactive ketones (excluding diaryl/α,β-unsaturated/α-hetero) is 2. The van der Waals surface area contributed by atoms with Gasteiger partial charge in [-0.2, -0.15) is 18.3 Å². The number of hydrogen-bond donors (Lipinski definition) is 0. The van der Waals surface area contributed by atoms with Gasteiger partial charge in [-0.25, -0.2) is 8.42 Å². The quantitative estimate of drug-likeness (QED) is 0.385. The molecule has 32 heavy (non-hydrogen) atoms. The van der Waals surface area contributed by atoms with E-state index in [0.717, 1.165) is 22.6 Å². The fraction of sp³-hybridized carbons (Fsp3) is 0.263. The fourth-order valence-electron chi connectivity index (χ4n) is 3.01. The Morgan fingerprint density at radius 2 is 1.84 bits per heavy atom. The van der Waals surface area contributed by atoms with Gasteiger partial charge in [0.2, 0.25) is 5.78 Å². The number of methoxy groups -OCH3 is 1. The van der Waals surface area contributed by atoms with Crippen LogP contribution in [0.2, 0.25) is 0 Å². The van der Waals surface area contributed by atoms with Crippen LogP contribution < -0.4 is 9.04 Å². The number of sulfonamides is 1. The molecule has 0 bridgehead atoms. The van der Waals surface area contributed by atoms with Crippen LogP contribution in [0.4, 0.5) is 18.9 Å². The molecule has 2 aromatic heterocycles. The number of halogens is 3. The van der Waals surface area contributed by atoms with Gasteiger partial charge in [-0.3, -0.25) is 23.6 Å². The molecule has 0 spiro atoms. The molecule has 3 aromatic rings. The topological polar surface area (TPSA) is 111 Å². The number of rotatable bonds is 7. The number of benzene rings is 1. The first-order valence-electron chi connectivity index (χ1n) is 8.95. The second-order valence-electron chi connectivity index (χ2n) is 6.70. The maximum absolute atomic E-state index is 13.2. The molecule has 0 fully saturated rings. The van der Waals surface area contributed by atoms with Gasteiger partial charge in [-0.05, 0) is 24.3 Å². The number of anilines is 1. The Morgan fingerprint density at radius 3 is 2.41 bits per heavy atom. The third kappa shape index (κ3) is 4.15. The van der Waals surface area contributed by atoms with Crippen molar-refractivity contribution in [2.24, 2.45) is 7.05 Å². The van der Waals surface area contributed by atoms with Crippen LogP contribution in [0.25, 0.3) is 10.9 Å². The van der Waals surface area contributed by atoms with Crippen molar-refractivity contribution in [2.45, 2.75) is 17.5 Å². The van der Waals surface area contributed by atoms with Crippen molar-refractivity contribution in [3.8, 4) is 5.75 Å². The second-order valence-corrected chi connectivity index (χ2v) is 8.66. The number of ketones is 2. The van der Waals surface area contributed by atoms with E-state index in [-0.39, 0.29) is 16.3 Å². The molecule has 0 N–H and O–H groups in total. The molecular formula is C19H17F3N4O5S. The number of hydrogen-bond acceptors (Lipinski definition) is 7. The summed E-state index contributed by atoms with van der Waals surface area (Å²) in [5.74, 6) is -3.12. The van der Waals surface area contributed by atoms with E-state index < -0.39 is 39.9 Å². The van der Waals surface area contributed by atoms with Crippen LogP contribution >= 0.6 is 0 Å². The Morgan fingerprint density at radius 1 is 1.16 bits per heavy atom. The van der Waals surface area contributed by atoms with Gasteiger partial charge in [-0.1, -0.05) is 0 Å². The first-order valence-corrected chi connectivity index (χ1v) is 10.4. The number of pyridine rings is 1. The van der Waals surface area contributed by atoms with Gasteiger partial charge in [0.1, 0.15) is 22.0 Å². The Labute approximate surface area is 180 Å². The molecule has 2 heterocycles. The monoisotopic (exact) mass is 470 g/mol. The van der Waals surface area contributed by atoms with Crippen molar-refractivity contribution in [1.29, 1.82) is 0 Å². The standard InChI is InChI=1S/C19H17F3N4O5S/c1-25-17-11(9-24-25)4-7-15(31-3)18(17)26(2)32(29,30)12-5-6-13(23-10-12)14(27)8-16(28)19(20,21)22/h4-7,9-10H,8H2,1-3H3. The summed E-state index contributed by atoms with van der Waals surface area (Å²) in [4.78, 5) is 26.2. The molecule has 9 nitrogen and oxygen atoms in total. The van der Waals surface area contributed by atoms with Crippen molar-refractivity contribution >= 4 is 38.2 Å². The molecule has 0 saturated carbocycles. The minimum absolute atomic E-state index is 0.209. The summed E-state index contributed by atoms with van der Waals surface area (Å²) in [5, 5.41) is 4.79. The third-order valence-electron chi connectivity index (χ3n) is 4.69. The molecule has 0 atom stereocenters. The summed E-state index contributed by atoms with van der Waals surface area (Å²) in [7, 11) is 0.0998. The molecule has 1 aromatic carbocycles. The molecule has 13 heteroatoms. The molecule has 3 rings (SSSR count). The summed E-state index contributed by atoms with van der Waals surface area (Å²) < 4.78 is 71.2. The predicted octanol–water partition coefficient (Wildman–Crippen LogP) is 2.51. The van der Waals surface area contributed by atoms with Crippen molar-refractivity contribution in [1.82, 2.24) is 14.8 Å². The van der Waals surface area contributed by atoms with Crippen molar-refractivity contribution < 1.29 is 35.9 Å². The van der Waals surface area contributed by atoms with Crippen molar-refractivity contribution in [2.75, 3.05) is 18.5 Å². The highest BCUT2D eigenvalue weighted by atomic mass is 32.2. The van der Waals surface area contributed by atoms with Crippen LogP contribution in [0.15, 0.2) is 41.6 Å². The largest absolute Gasteiger partial charge is 0.494 e. The van der Waals surface area contributed by atoms with Crippen LogP contribution in [0.1, 0.15) is 16.9 Å². The van der Waals surface area contributed by atoms with Crippen LogP contribution in [0.3, 0.4) is 0 Å². The third-order valence-corrected chi connectivity index (χ3v) is 6.43. The lowest BCUT2D eigenvalue weighted by molar-refractivity contribution is -0.170. The van der Waals surface area contributed by atoms with E-state index in [4.69, 9.17) is 4.74 Å². The summed E-state index contributed by atoms with van der Waals surface area (Å²) >= 11 is 0. The Hall–Kier alpha value is -3.48. The molecule has 170 valence electrons. The molecule has 0 unspecified atom stereocenters. The normalized spacial score (nSPS) is 12.1. The van der Waals surface area contributed by atoms with Crippen molar-refractivity contribution in [3.63, 3.8) is 0 Å². The highest BCUT2D eigenvalue weighted by Crippen LogP contribution is 2.38. The number of alkyl halides is 3. The maximum Gasteiger partial charge on any atom is 0.450 e. The number of carbonyl (C=O) groups is 2. The highest BCUT2D eigenvalue weighted by molar-refractivity contribution is 7.92. The molecule has 0 radical (unpaired) electrons. The minimum atomic E-state index is -5.15. The smallest absolute Gasteiger partial charge is 0.450 e. The highest BCUT2D eigenvalue weighted by Gasteiger charge is 2.39. The Balaban J connectivity index is 1.96. The van der Waals surface area contributed by atoms with E-state index in [9.17, 15) is 31.2 Å². The van der Waals surface area contributed by atoms with E-state index in [1.54, 1.807) is 25.4 Å². The lowest BCUT2D eigenvalue weighted by Gasteiger charge is -2.22. The summed E-state index contributed by atoms with van der Waals surface area (Å²) in [6.07, 6.45) is -4.16. The minimum Gasteiger partial charge on any atom is -0.494 e. The van der Waals surface area contributed by atoms with Gasteiger partial charge in [0.05, 0.1) is 25.2 Å². The zero-order valence-corrected chi connectivity index (χ0v) is 17.9. The zero-order chi connectivity index (χ0) is 23.8.